The number of hydrogen-bond acceptors (Lipinski definition) is 8. The molecule has 1 amide bonds. The highest BCUT2D eigenvalue weighted by atomic mass is 19.4. The average Bonchev–Trinajstić information content (AvgIpc) is 3.38. The summed E-state index contributed by atoms with van der Waals surface area (Å²) in [5.41, 5.74) is 1.60. The van der Waals surface area contributed by atoms with Gasteiger partial charge in [-0.15, -0.1) is 0 Å². The molecule has 0 aliphatic carbocycles. The molecule has 2 aromatic carbocycles. The van der Waals surface area contributed by atoms with E-state index in [0.29, 0.717) is 28.8 Å². The average molecular weight is 630 g/mol. The number of aromatic nitrogens is 4. The van der Waals surface area contributed by atoms with E-state index < -0.39 is 30.6 Å². The monoisotopic (exact) mass is 629 g/mol. The van der Waals surface area contributed by atoms with Crippen molar-refractivity contribution in [3.63, 3.8) is 0 Å². The van der Waals surface area contributed by atoms with Gasteiger partial charge in [-0.25, -0.2) is 18.7 Å². The number of benzene rings is 2. The van der Waals surface area contributed by atoms with Crippen LogP contribution in [0, 0.1) is 13.8 Å². The lowest BCUT2D eigenvalue weighted by Crippen LogP contribution is -2.47. The Labute approximate surface area is 256 Å². The fourth-order valence-electron chi connectivity index (χ4n) is 5.01. The first-order valence-corrected chi connectivity index (χ1v) is 14.1. The molecule has 0 saturated carbocycles. The lowest BCUT2D eigenvalue weighted by molar-refractivity contribution is -0.137. The molecule has 0 unspecified atom stereocenters. The Morgan fingerprint density at radius 1 is 0.978 bits per heavy atom. The third kappa shape index (κ3) is 7.66. The molecular weight excluding hydrogens is 597 g/mol. The number of aryl methyl sites for hydroxylation is 2. The summed E-state index contributed by atoms with van der Waals surface area (Å²) in [6, 6.07) is 11.8. The first-order valence-electron chi connectivity index (χ1n) is 14.1. The van der Waals surface area contributed by atoms with Crippen molar-refractivity contribution in [2.75, 3.05) is 60.6 Å². The van der Waals surface area contributed by atoms with E-state index in [1.54, 1.807) is 45.8 Å². The number of nitrogens with zero attached hydrogens (tertiary/aromatic N) is 6. The van der Waals surface area contributed by atoms with E-state index in [2.05, 4.69) is 31.0 Å². The highest BCUT2D eigenvalue weighted by Gasteiger charge is 2.33. The van der Waals surface area contributed by atoms with Crippen molar-refractivity contribution in [3.8, 4) is 5.82 Å². The fraction of sp³-hybridized carbons (Fsp3) is 0.333. The van der Waals surface area contributed by atoms with E-state index in [9.17, 15) is 26.7 Å². The molecule has 4 aromatic rings. The van der Waals surface area contributed by atoms with Gasteiger partial charge in [0.1, 0.15) is 18.0 Å². The van der Waals surface area contributed by atoms with Crippen LogP contribution in [0.15, 0.2) is 54.9 Å². The van der Waals surface area contributed by atoms with Crippen LogP contribution in [0.3, 0.4) is 0 Å². The Morgan fingerprint density at radius 3 is 2.42 bits per heavy atom. The van der Waals surface area contributed by atoms with Gasteiger partial charge in [-0.3, -0.25) is 9.69 Å². The van der Waals surface area contributed by atoms with Crippen molar-refractivity contribution in [3.05, 3.63) is 77.2 Å². The Morgan fingerprint density at radius 2 is 1.73 bits per heavy atom. The minimum Gasteiger partial charge on any atom is -0.373 e. The molecule has 0 radical (unpaired) electrons. The van der Waals surface area contributed by atoms with Gasteiger partial charge < -0.3 is 20.9 Å². The van der Waals surface area contributed by atoms with Gasteiger partial charge in [-0.1, -0.05) is 6.07 Å². The molecule has 10 nitrogen and oxygen atoms in total. The highest BCUT2D eigenvalue weighted by Crippen LogP contribution is 2.34. The molecule has 15 heteroatoms. The molecule has 238 valence electrons. The smallest absolute Gasteiger partial charge is 0.373 e. The van der Waals surface area contributed by atoms with Gasteiger partial charge in [-0.05, 0) is 49.7 Å². The number of piperazine rings is 1. The van der Waals surface area contributed by atoms with Crippen LogP contribution in [-0.4, -0.2) is 76.8 Å². The molecule has 2 aromatic heterocycles. The summed E-state index contributed by atoms with van der Waals surface area (Å²) in [4.78, 5) is 25.0. The number of carbonyl (C=O) groups excluding carboxylic acids is 1. The molecule has 0 spiro atoms. The van der Waals surface area contributed by atoms with Crippen molar-refractivity contribution in [2.45, 2.75) is 26.4 Å². The minimum atomic E-state index is -4.69. The molecule has 3 heterocycles. The Kier molecular flexibility index (Phi) is 9.18. The van der Waals surface area contributed by atoms with E-state index in [1.165, 1.54) is 12.4 Å². The zero-order chi connectivity index (χ0) is 32.3. The van der Waals surface area contributed by atoms with E-state index >= 15 is 0 Å². The summed E-state index contributed by atoms with van der Waals surface area (Å²) in [6.45, 7) is 4.36. The van der Waals surface area contributed by atoms with Gasteiger partial charge in [-0.2, -0.15) is 23.0 Å². The summed E-state index contributed by atoms with van der Waals surface area (Å²) in [7, 11) is 1.74. The van der Waals surface area contributed by atoms with Crippen molar-refractivity contribution in [2.24, 2.45) is 0 Å². The number of nitrogens with one attached hydrogen (secondary N) is 3. The van der Waals surface area contributed by atoms with E-state index in [0.717, 1.165) is 23.4 Å². The number of anilines is 5. The molecule has 1 aliphatic heterocycles. The Hall–Kier alpha value is -4.79. The summed E-state index contributed by atoms with van der Waals surface area (Å²) >= 11 is 0. The molecule has 3 N–H and O–H groups in total. The molecule has 0 bridgehead atoms. The molecular formula is C30H32F5N9O. The highest BCUT2D eigenvalue weighted by molar-refractivity contribution is 6.05. The van der Waals surface area contributed by atoms with Gasteiger partial charge in [0.25, 0.3) is 12.3 Å². The molecule has 5 rings (SSSR count). The summed E-state index contributed by atoms with van der Waals surface area (Å²) in [6.07, 6.45) is -5.77. The molecule has 1 fully saturated rings. The maximum absolute atomic E-state index is 13.8. The lowest BCUT2D eigenvalue weighted by atomic mass is 10.1. The molecule has 0 atom stereocenters. The van der Waals surface area contributed by atoms with Crippen LogP contribution in [0.25, 0.3) is 5.82 Å². The number of amides is 1. The van der Waals surface area contributed by atoms with Crippen LogP contribution in [-0.2, 0) is 6.18 Å². The van der Waals surface area contributed by atoms with Gasteiger partial charge >= 0.3 is 6.18 Å². The van der Waals surface area contributed by atoms with Crippen molar-refractivity contribution >= 4 is 34.6 Å². The minimum absolute atomic E-state index is 0.178. The summed E-state index contributed by atoms with van der Waals surface area (Å²) in [5.74, 6) is 0.987. The maximum atomic E-state index is 13.8. The van der Waals surface area contributed by atoms with Gasteiger partial charge in [0.15, 0.2) is 5.82 Å². The lowest BCUT2D eigenvalue weighted by Gasteiger charge is -2.36. The third-order valence-electron chi connectivity index (χ3n) is 7.36. The van der Waals surface area contributed by atoms with Crippen molar-refractivity contribution in [1.29, 1.82) is 0 Å². The maximum Gasteiger partial charge on any atom is 0.416 e. The Balaban J connectivity index is 1.37. The summed E-state index contributed by atoms with van der Waals surface area (Å²) in [5, 5.41) is 13.5. The largest absolute Gasteiger partial charge is 0.416 e. The Bertz CT molecular complexity index is 1670. The second kappa shape index (κ2) is 13.1. The number of alkyl halides is 5. The number of halogens is 5. The number of hydrogen-bond donors (Lipinski definition) is 3. The standard InChI is InChI=1S/C30H32F5N9O/c1-18-4-5-22(14-24(18)40-28-10-19(2)41-44(28)27-15-26(36-3)37-17-38-27)39-29(45)20-11-21(30(33,34)35)13-23(12-20)43-8-6-42(7-9-43)16-25(31)32/h4-5,10-15,17,25,40H,6-9,16H2,1-3H3,(H,39,45)(H,36,37,38). The first kappa shape index (κ1) is 31.6. The van der Waals surface area contributed by atoms with Gasteiger partial charge in [0.05, 0.1) is 17.8 Å². The van der Waals surface area contributed by atoms with Crippen LogP contribution in [0.4, 0.5) is 50.6 Å². The second-order valence-corrected chi connectivity index (χ2v) is 10.6. The van der Waals surface area contributed by atoms with Crippen LogP contribution in [0.5, 0.6) is 0 Å². The fourth-order valence-corrected chi connectivity index (χ4v) is 5.01. The van der Waals surface area contributed by atoms with Crippen molar-refractivity contribution < 1.29 is 26.7 Å². The predicted molar refractivity (Wildman–Crippen MR) is 162 cm³/mol. The normalized spacial score (nSPS) is 14.1. The van der Waals surface area contributed by atoms with Crippen LogP contribution < -0.4 is 20.9 Å². The van der Waals surface area contributed by atoms with E-state index in [-0.39, 0.29) is 37.4 Å². The third-order valence-corrected chi connectivity index (χ3v) is 7.36. The van der Waals surface area contributed by atoms with Crippen LogP contribution in [0.1, 0.15) is 27.2 Å². The summed E-state index contributed by atoms with van der Waals surface area (Å²) < 4.78 is 68.7. The van der Waals surface area contributed by atoms with Gasteiger partial charge in [0, 0.05) is 68.0 Å². The van der Waals surface area contributed by atoms with E-state index in [1.807, 2.05) is 19.9 Å². The molecule has 1 aliphatic rings. The van der Waals surface area contributed by atoms with Crippen LogP contribution in [0.2, 0.25) is 0 Å². The SMILES string of the molecule is CNc1cc(-n2nc(C)cc2Nc2cc(NC(=O)c3cc(N4CCN(CC(F)F)CC4)cc(C(F)(F)F)c3)ccc2C)ncn1. The zero-order valence-electron chi connectivity index (χ0n) is 24.8. The van der Waals surface area contributed by atoms with Crippen molar-refractivity contribution in [1.82, 2.24) is 24.6 Å². The molecule has 45 heavy (non-hydrogen) atoms. The molecule has 1 saturated heterocycles. The predicted octanol–water partition coefficient (Wildman–Crippen LogP) is 5.72. The van der Waals surface area contributed by atoms with E-state index in [4.69, 9.17) is 0 Å². The number of rotatable bonds is 9. The zero-order valence-corrected chi connectivity index (χ0v) is 24.8. The topological polar surface area (TPSA) is 103 Å². The number of carbonyl (C=O) groups is 1. The van der Waals surface area contributed by atoms with Gasteiger partial charge in [0.2, 0.25) is 0 Å². The first-order chi connectivity index (χ1) is 21.4. The second-order valence-electron chi connectivity index (χ2n) is 10.6. The quantitative estimate of drug-likeness (QED) is 0.202. The van der Waals surface area contributed by atoms with Crippen LogP contribution >= 0.6 is 0 Å².